The molecule has 4 heteroatoms. The number of halogens is 2. The van der Waals surface area contributed by atoms with Gasteiger partial charge in [0.1, 0.15) is 0 Å². The number of hydrogen-bond donors (Lipinski definition) is 1. The van der Waals surface area contributed by atoms with E-state index in [1.165, 1.54) is 7.11 Å². The van der Waals surface area contributed by atoms with Crippen LogP contribution in [0.3, 0.4) is 0 Å². The Hall–Kier alpha value is -0.610. The highest BCUT2D eigenvalue weighted by atomic mass is 79.9. The first-order chi connectivity index (χ1) is 6.60. The lowest BCUT2D eigenvalue weighted by Gasteiger charge is -2.12. The summed E-state index contributed by atoms with van der Waals surface area (Å²) in [5.74, 6) is 0.0657. The van der Waals surface area contributed by atoms with Crippen LogP contribution >= 0.6 is 15.9 Å². The molecule has 0 aliphatic heterocycles. The van der Waals surface area contributed by atoms with Gasteiger partial charge in [0.05, 0.1) is 11.6 Å². The first kappa shape index (κ1) is 11.5. The van der Waals surface area contributed by atoms with Crippen molar-refractivity contribution >= 4 is 15.9 Å². The highest BCUT2D eigenvalue weighted by Crippen LogP contribution is 2.29. The lowest BCUT2D eigenvalue weighted by atomic mass is 10.0. The Kier molecular flexibility index (Phi) is 3.89. The van der Waals surface area contributed by atoms with E-state index in [-0.39, 0.29) is 17.5 Å². The monoisotopic (exact) mass is 261 g/mol. The summed E-state index contributed by atoms with van der Waals surface area (Å²) in [6.07, 6.45) is 0. The lowest BCUT2D eigenvalue weighted by molar-refractivity contribution is 0.384. The van der Waals surface area contributed by atoms with Crippen LogP contribution in [-0.4, -0.2) is 13.7 Å². The topological polar surface area (TPSA) is 35.2 Å². The van der Waals surface area contributed by atoms with Crippen LogP contribution in [0, 0.1) is 5.82 Å². The van der Waals surface area contributed by atoms with E-state index in [0.717, 1.165) is 5.56 Å². The van der Waals surface area contributed by atoms with Gasteiger partial charge in [-0.25, -0.2) is 4.39 Å². The molecule has 0 saturated carbocycles. The molecule has 0 amide bonds. The fourth-order valence-electron chi connectivity index (χ4n) is 1.15. The second-order valence-electron chi connectivity index (χ2n) is 3.16. The Morgan fingerprint density at radius 2 is 2.21 bits per heavy atom. The average molecular weight is 262 g/mol. The summed E-state index contributed by atoms with van der Waals surface area (Å²) in [5.41, 5.74) is 6.50. The zero-order chi connectivity index (χ0) is 10.7. The maximum atomic E-state index is 13.3. The van der Waals surface area contributed by atoms with Crippen molar-refractivity contribution in [3.05, 3.63) is 28.0 Å². The van der Waals surface area contributed by atoms with Gasteiger partial charge in [-0.1, -0.05) is 6.92 Å². The minimum Gasteiger partial charge on any atom is -0.494 e. The van der Waals surface area contributed by atoms with Gasteiger partial charge in [0.25, 0.3) is 0 Å². The molecule has 1 atom stereocenters. The van der Waals surface area contributed by atoms with Gasteiger partial charge in [-0.05, 0) is 46.1 Å². The molecule has 2 N–H and O–H groups in total. The van der Waals surface area contributed by atoms with Gasteiger partial charge < -0.3 is 10.5 Å². The lowest BCUT2D eigenvalue weighted by Crippen LogP contribution is -2.09. The second kappa shape index (κ2) is 4.75. The summed E-state index contributed by atoms with van der Waals surface area (Å²) in [5, 5.41) is 0. The summed E-state index contributed by atoms with van der Waals surface area (Å²) in [6.45, 7) is 2.51. The maximum Gasteiger partial charge on any atom is 0.179 e. The number of methoxy groups -OCH3 is 1. The third-order valence-corrected chi connectivity index (χ3v) is 2.74. The normalized spacial score (nSPS) is 12.6. The molecule has 0 bridgehead atoms. The number of hydrogen-bond acceptors (Lipinski definition) is 2. The van der Waals surface area contributed by atoms with Crippen molar-refractivity contribution in [3.8, 4) is 5.75 Å². The summed E-state index contributed by atoms with van der Waals surface area (Å²) in [7, 11) is 1.45. The van der Waals surface area contributed by atoms with E-state index in [2.05, 4.69) is 15.9 Å². The Bertz CT molecular complexity index is 330. The summed E-state index contributed by atoms with van der Waals surface area (Å²) >= 11 is 3.14. The number of rotatable bonds is 3. The van der Waals surface area contributed by atoms with Gasteiger partial charge in [-0.15, -0.1) is 0 Å². The fourth-order valence-corrected chi connectivity index (χ4v) is 1.61. The number of nitrogens with two attached hydrogens (primary N) is 1. The van der Waals surface area contributed by atoms with Gasteiger partial charge >= 0.3 is 0 Å². The van der Waals surface area contributed by atoms with Gasteiger partial charge in [-0.3, -0.25) is 0 Å². The van der Waals surface area contributed by atoms with Crippen molar-refractivity contribution in [3.63, 3.8) is 0 Å². The molecule has 0 aliphatic rings. The van der Waals surface area contributed by atoms with Crippen LogP contribution in [-0.2, 0) is 0 Å². The third kappa shape index (κ3) is 2.25. The second-order valence-corrected chi connectivity index (χ2v) is 4.01. The van der Waals surface area contributed by atoms with Crippen LogP contribution in [0.25, 0.3) is 0 Å². The molecule has 2 nitrogen and oxygen atoms in total. The number of ether oxygens (including phenoxy) is 1. The molecule has 0 spiro atoms. The van der Waals surface area contributed by atoms with E-state index in [0.29, 0.717) is 11.0 Å². The van der Waals surface area contributed by atoms with E-state index in [1.54, 1.807) is 12.1 Å². The summed E-state index contributed by atoms with van der Waals surface area (Å²) < 4.78 is 18.7. The molecule has 0 fully saturated rings. The largest absolute Gasteiger partial charge is 0.494 e. The van der Waals surface area contributed by atoms with Crippen LogP contribution in [0.15, 0.2) is 16.6 Å². The van der Waals surface area contributed by atoms with Crippen LogP contribution in [0.4, 0.5) is 4.39 Å². The van der Waals surface area contributed by atoms with Gasteiger partial charge in [-0.2, -0.15) is 0 Å². The molecule has 1 unspecified atom stereocenters. The van der Waals surface area contributed by atoms with Crippen molar-refractivity contribution in [2.24, 2.45) is 5.73 Å². The standard InChI is InChI=1S/C10H13BrFNO/c1-6(5-13)7-3-8(11)10(12)9(4-7)14-2/h3-4,6H,5,13H2,1-2H3. The van der Waals surface area contributed by atoms with Crippen LogP contribution in [0.2, 0.25) is 0 Å². The van der Waals surface area contributed by atoms with E-state index in [1.807, 2.05) is 6.92 Å². The van der Waals surface area contributed by atoms with Crippen LogP contribution in [0.1, 0.15) is 18.4 Å². The predicted molar refractivity (Wildman–Crippen MR) is 58.1 cm³/mol. The molecule has 78 valence electrons. The molecule has 0 saturated heterocycles. The van der Waals surface area contributed by atoms with Crippen molar-refractivity contribution in [1.82, 2.24) is 0 Å². The average Bonchev–Trinajstić information content (AvgIpc) is 2.20. The summed E-state index contributed by atoms with van der Waals surface area (Å²) in [4.78, 5) is 0. The first-order valence-electron chi connectivity index (χ1n) is 4.33. The van der Waals surface area contributed by atoms with E-state index >= 15 is 0 Å². The van der Waals surface area contributed by atoms with Gasteiger partial charge in [0.2, 0.25) is 0 Å². The molecule has 14 heavy (non-hydrogen) atoms. The Morgan fingerprint density at radius 1 is 1.57 bits per heavy atom. The van der Waals surface area contributed by atoms with E-state index < -0.39 is 0 Å². The quantitative estimate of drug-likeness (QED) is 0.908. The number of benzene rings is 1. The molecule has 1 aromatic carbocycles. The molecule has 1 rings (SSSR count). The Labute approximate surface area is 91.4 Å². The van der Waals surface area contributed by atoms with Crippen molar-refractivity contribution in [1.29, 1.82) is 0 Å². The molecule has 0 aliphatic carbocycles. The smallest absolute Gasteiger partial charge is 0.179 e. The minimum atomic E-state index is -0.375. The zero-order valence-corrected chi connectivity index (χ0v) is 9.77. The predicted octanol–water partition coefficient (Wildman–Crippen LogP) is 2.66. The van der Waals surface area contributed by atoms with Gasteiger partial charge in [0, 0.05) is 0 Å². The third-order valence-electron chi connectivity index (χ3n) is 2.16. The van der Waals surface area contributed by atoms with Crippen molar-refractivity contribution in [2.45, 2.75) is 12.8 Å². The molecule has 0 radical (unpaired) electrons. The van der Waals surface area contributed by atoms with Crippen molar-refractivity contribution in [2.75, 3.05) is 13.7 Å². The Morgan fingerprint density at radius 3 is 2.71 bits per heavy atom. The highest BCUT2D eigenvalue weighted by molar-refractivity contribution is 9.10. The molecule has 0 aromatic heterocycles. The molecule has 0 heterocycles. The van der Waals surface area contributed by atoms with E-state index in [9.17, 15) is 4.39 Å². The molecule has 1 aromatic rings. The highest BCUT2D eigenvalue weighted by Gasteiger charge is 2.12. The first-order valence-corrected chi connectivity index (χ1v) is 5.12. The molecular weight excluding hydrogens is 249 g/mol. The van der Waals surface area contributed by atoms with E-state index in [4.69, 9.17) is 10.5 Å². The molecular formula is C10H13BrFNO. The van der Waals surface area contributed by atoms with Gasteiger partial charge in [0.15, 0.2) is 11.6 Å². The SMILES string of the molecule is COc1cc(C(C)CN)cc(Br)c1F. The fraction of sp³-hybridized carbons (Fsp3) is 0.400. The van der Waals surface area contributed by atoms with Crippen LogP contribution < -0.4 is 10.5 Å². The maximum absolute atomic E-state index is 13.3. The minimum absolute atomic E-state index is 0.195. The zero-order valence-electron chi connectivity index (χ0n) is 8.18. The Balaban J connectivity index is 3.16. The van der Waals surface area contributed by atoms with Crippen molar-refractivity contribution < 1.29 is 9.13 Å². The summed E-state index contributed by atoms with van der Waals surface area (Å²) in [6, 6.07) is 3.41. The van der Waals surface area contributed by atoms with Crippen LogP contribution in [0.5, 0.6) is 5.75 Å².